The molecular formula is C13H18BrClFNO. The highest BCUT2D eigenvalue weighted by atomic mass is 79.9. The zero-order valence-corrected chi connectivity index (χ0v) is 13.1. The molecule has 102 valence electrons. The van der Waals surface area contributed by atoms with Gasteiger partial charge in [-0.05, 0) is 28.4 Å². The second-order valence-electron chi connectivity index (χ2n) is 4.41. The number of nitrogens with one attached hydrogen (secondary N) is 1. The summed E-state index contributed by atoms with van der Waals surface area (Å²) in [7, 11) is 0. The van der Waals surface area contributed by atoms with Gasteiger partial charge in [0.15, 0.2) is 0 Å². The third-order valence-electron chi connectivity index (χ3n) is 2.48. The van der Waals surface area contributed by atoms with E-state index in [1.165, 1.54) is 12.1 Å². The Morgan fingerprint density at radius 3 is 2.67 bits per heavy atom. The van der Waals surface area contributed by atoms with Crippen LogP contribution < -0.4 is 10.1 Å². The van der Waals surface area contributed by atoms with Crippen molar-refractivity contribution in [2.24, 2.45) is 0 Å². The average Bonchev–Trinajstić information content (AvgIpc) is 2.30. The summed E-state index contributed by atoms with van der Waals surface area (Å²) in [5.74, 6) is 0.0100. The summed E-state index contributed by atoms with van der Waals surface area (Å²) in [5.41, 5.74) is 0. The molecule has 0 aliphatic rings. The third kappa shape index (κ3) is 4.75. The first-order valence-corrected chi connectivity index (χ1v) is 7.15. The predicted octanol–water partition coefficient (Wildman–Crippen LogP) is 4.40. The van der Waals surface area contributed by atoms with E-state index in [0.29, 0.717) is 16.3 Å². The van der Waals surface area contributed by atoms with Gasteiger partial charge in [-0.25, -0.2) is 4.39 Å². The van der Waals surface area contributed by atoms with E-state index in [1.807, 2.05) is 6.92 Å². The summed E-state index contributed by atoms with van der Waals surface area (Å²) < 4.78 is 19.8. The number of ether oxygens (including phenoxy) is 1. The Morgan fingerprint density at radius 1 is 1.44 bits per heavy atom. The minimum absolute atomic E-state index is 0.00396. The van der Waals surface area contributed by atoms with E-state index in [0.717, 1.165) is 13.0 Å². The first-order valence-electron chi connectivity index (χ1n) is 5.98. The zero-order chi connectivity index (χ0) is 13.7. The first kappa shape index (κ1) is 15.7. The van der Waals surface area contributed by atoms with Crippen LogP contribution in [0.5, 0.6) is 5.75 Å². The van der Waals surface area contributed by atoms with Gasteiger partial charge in [-0.15, -0.1) is 0 Å². The lowest BCUT2D eigenvalue weighted by Crippen LogP contribution is -2.34. The Morgan fingerprint density at radius 2 is 2.11 bits per heavy atom. The fourth-order valence-electron chi connectivity index (χ4n) is 1.41. The molecule has 1 N–H and O–H groups in total. The Labute approximate surface area is 121 Å². The van der Waals surface area contributed by atoms with Crippen molar-refractivity contribution in [1.29, 1.82) is 0 Å². The number of hydrogen-bond donors (Lipinski definition) is 1. The first-order chi connectivity index (χ1) is 8.43. The quantitative estimate of drug-likeness (QED) is 0.776. The predicted molar refractivity (Wildman–Crippen MR) is 77.0 cm³/mol. The molecule has 0 amide bonds. The molecule has 1 aromatic rings. The molecule has 18 heavy (non-hydrogen) atoms. The van der Waals surface area contributed by atoms with E-state index < -0.39 is 5.82 Å². The van der Waals surface area contributed by atoms with Crippen molar-refractivity contribution in [3.05, 3.63) is 27.4 Å². The van der Waals surface area contributed by atoms with Gasteiger partial charge < -0.3 is 10.1 Å². The molecule has 0 aliphatic heterocycles. The van der Waals surface area contributed by atoms with Gasteiger partial charge in [0.2, 0.25) is 0 Å². The molecule has 0 fully saturated rings. The van der Waals surface area contributed by atoms with E-state index in [2.05, 4.69) is 35.1 Å². The van der Waals surface area contributed by atoms with Crippen LogP contribution in [0.3, 0.4) is 0 Å². The maximum Gasteiger partial charge on any atom is 0.145 e. The zero-order valence-electron chi connectivity index (χ0n) is 10.8. The molecule has 1 unspecified atom stereocenters. The molecule has 0 radical (unpaired) electrons. The van der Waals surface area contributed by atoms with Gasteiger partial charge >= 0.3 is 0 Å². The second-order valence-corrected chi connectivity index (χ2v) is 5.67. The summed E-state index contributed by atoms with van der Waals surface area (Å²) in [5, 5.41) is 3.39. The van der Waals surface area contributed by atoms with Crippen LogP contribution in [0.4, 0.5) is 4.39 Å². The summed E-state index contributed by atoms with van der Waals surface area (Å²) >= 11 is 9.01. The van der Waals surface area contributed by atoms with Crippen LogP contribution in [0, 0.1) is 5.82 Å². The summed E-state index contributed by atoms with van der Waals surface area (Å²) in [6.45, 7) is 6.91. The van der Waals surface area contributed by atoms with Gasteiger partial charge in [0.25, 0.3) is 0 Å². The Kier molecular flexibility index (Phi) is 6.39. The number of hydrogen-bond acceptors (Lipinski definition) is 2. The van der Waals surface area contributed by atoms with Crippen molar-refractivity contribution in [3.8, 4) is 5.75 Å². The Balaban J connectivity index is 2.72. The Bertz CT molecular complexity index is 401. The topological polar surface area (TPSA) is 21.3 Å². The molecule has 1 rings (SSSR count). The fraction of sp³-hybridized carbons (Fsp3) is 0.538. The summed E-state index contributed by atoms with van der Waals surface area (Å²) in [6, 6.07) is 3.22. The number of benzene rings is 1. The van der Waals surface area contributed by atoms with Gasteiger partial charge in [0.1, 0.15) is 17.7 Å². The molecule has 0 saturated heterocycles. The van der Waals surface area contributed by atoms with Crippen LogP contribution in [0.25, 0.3) is 0 Å². The van der Waals surface area contributed by atoms with Crippen molar-refractivity contribution in [1.82, 2.24) is 5.32 Å². The molecule has 0 bridgehead atoms. The monoisotopic (exact) mass is 337 g/mol. The molecule has 0 spiro atoms. The lowest BCUT2D eigenvalue weighted by Gasteiger charge is -2.20. The molecule has 0 aliphatic carbocycles. The maximum absolute atomic E-state index is 13.4. The van der Waals surface area contributed by atoms with Gasteiger partial charge in [-0.3, -0.25) is 0 Å². The van der Waals surface area contributed by atoms with E-state index in [9.17, 15) is 4.39 Å². The van der Waals surface area contributed by atoms with Gasteiger partial charge in [-0.1, -0.05) is 32.4 Å². The molecular weight excluding hydrogens is 321 g/mol. The molecule has 2 nitrogen and oxygen atoms in total. The van der Waals surface area contributed by atoms with Crippen LogP contribution in [0.1, 0.15) is 27.2 Å². The van der Waals surface area contributed by atoms with Crippen LogP contribution in [0.2, 0.25) is 5.02 Å². The van der Waals surface area contributed by atoms with E-state index in [1.54, 1.807) is 0 Å². The molecule has 1 atom stereocenters. The second kappa shape index (κ2) is 7.31. The summed E-state index contributed by atoms with van der Waals surface area (Å²) in [6.07, 6.45) is 0.848. The highest BCUT2D eigenvalue weighted by Gasteiger charge is 2.13. The van der Waals surface area contributed by atoms with Crippen LogP contribution in [-0.2, 0) is 0 Å². The molecule has 0 saturated carbocycles. The van der Waals surface area contributed by atoms with Crippen molar-refractivity contribution in [2.75, 3.05) is 6.54 Å². The number of halogens is 3. The van der Waals surface area contributed by atoms with Crippen molar-refractivity contribution in [2.45, 2.75) is 39.3 Å². The SMILES string of the molecule is CCC(CNC(C)C)Oc1cc(F)c(Cl)cc1Br. The molecule has 5 heteroatoms. The summed E-state index contributed by atoms with van der Waals surface area (Å²) in [4.78, 5) is 0. The van der Waals surface area contributed by atoms with Crippen LogP contribution in [-0.4, -0.2) is 18.7 Å². The normalized spacial score (nSPS) is 12.8. The van der Waals surface area contributed by atoms with Gasteiger partial charge in [-0.2, -0.15) is 0 Å². The third-order valence-corrected chi connectivity index (χ3v) is 3.39. The standard InChI is InChI=1S/C13H18BrClFNO/c1-4-9(7-17-8(2)3)18-13-6-12(16)11(15)5-10(13)14/h5-6,8-9,17H,4,7H2,1-3H3. The highest BCUT2D eigenvalue weighted by molar-refractivity contribution is 9.10. The van der Waals surface area contributed by atoms with Gasteiger partial charge in [0, 0.05) is 18.7 Å². The number of rotatable bonds is 6. The van der Waals surface area contributed by atoms with E-state index >= 15 is 0 Å². The van der Waals surface area contributed by atoms with Gasteiger partial charge in [0.05, 0.1) is 9.50 Å². The maximum atomic E-state index is 13.4. The van der Waals surface area contributed by atoms with Crippen LogP contribution in [0.15, 0.2) is 16.6 Å². The highest BCUT2D eigenvalue weighted by Crippen LogP contribution is 2.31. The smallest absolute Gasteiger partial charge is 0.145 e. The van der Waals surface area contributed by atoms with Crippen LogP contribution >= 0.6 is 27.5 Å². The van der Waals surface area contributed by atoms with E-state index in [-0.39, 0.29) is 11.1 Å². The lowest BCUT2D eigenvalue weighted by atomic mass is 10.2. The van der Waals surface area contributed by atoms with E-state index in [4.69, 9.17) is 16.3 Å². The van der Waals surface area contributed by atoms with Crippen molar-refractivity contribution < 1.29 is 9.13 Å². The Hall–Kier alpha value is -0.320. The molecule has 0 heterocycles. The minimum atomic E-state index is -0.471. The molecule has 0 aromatic heterocycles. The lowest BCUT2D eigenvalue weighted by molar-refractivity contribution is 0.188. The molecule has 1 aromatic carbocycles. The average molecular weight is 339 g/mol. The van der Waals surface area contributed by atoms with Crippen molar-refractivity contribution >= 4 is 27.5 Å². The van der Waals surface area contributed by atoms with Crippen molar-refractivity contribution in [3.63, 3.8) is 0 Å². The fourth-order valence-corrected chi connectivity index (χ4v) is 2.14. The minimum Gasteiger partial charge on any atom is -0.488 e. The largest absolute Gasteiger partial charge is 0.488 e.